The molecule has 0 spiro atoms. The molecule has 1 fully saturated rings. The largest absolute Gasteiger partial charge is 0.508 e. The van der Waals surface area contributed by atoms with Crippen molar-refractivity contribution in [3.63, 3.8) is 0 Å². The van der Waals surface area contributed by atoms with E-state index in [1.165, 1.54) is 5.69 Å². The van der Waals surface area contributed by atoms with E-state index < -0.39 is 0 Å². The summed E-state index contributed by atoms with van der Waals surface area (Å²) in [7, 11) is 0. The Morgan fingerprint density at radius 1 is 1.07 bits per heavy atom. The van der Waals surface area contributed by atoms with Crippen LogP contribution < -0.4 is 10.2 Å². The molecule has 0 aliphatic carbocycles. The number of phenolic OH excluding ortho intramolecular Hbond substituents is 1. The van der Waals surface area contributed by atoms with E-state index in [4.69, 9.17) is 12.2 Å². The molecule has 0 radical (unpaired) electrons. The minimum Gasteiger partial charge on any atom is -0.508 e. The van der Waals surface area contributed by atoms with Gasteiger partial charge in [-0.3, -0.25) is 4.98 Å². The zero-order valence-corrected chi connectivity index (χ0v) is 16.1. The molecule has 3 aromatic rings. The lowest BCUT2D eigenvalue weighted by atomic mass is 10.0. The predicted octanol–water partition coefficient (Wildman–Crippen LogP) is 4.35. The summed E-state index contributed by atoms with van der Waals surface area (Å²) in [4.78, 5) is 6.69. The molecular weight excluding hydrogens is 356 g/mol. The molecule has 5 nitrogen and oxygen atoms in total. The lowest BCUT2D eigenvalue weighted by molar-refractivity contribution is 0.475. The maximum absolute atomic E-state index is 9.68. The molecule has 27 heavy (non-hydrogen) atoms. The highest BCUT2D eigenvalue weighted by molar-refractivity contribution is 7.80. The first-order valence-electron chi connectivity index (χ1n) is 9.02. The molecule has 2 atom stereocenters. The highest BCUT2D eigenvalue weighted by atomic mass is 32.1. The van der Waals surface area contributed by atoms with Crippen molar-refractivity contribution < 1.29 is 5.11 Å². The van der Waals surface area contributed by atoms with E-state index in [0.717, 1.165) is 11.4 Å². The van der Waals surface area contributed by atoms with Gasteiger partial charge in [0.15, 0.2) is 5.11 Å². The number of aromatic nitrogens is 2. The van der Waals surface area contributed by atoms with Crippen molar-refractivity contribution in [3.05, 3.63) is 78.4 Å². The van der Waals surface area contributed by atoms with Crippen LogP contribution in [-0.2, 0) is 0 Å². The van der Waals surface area contributed by atoms with E-state index in [2.05, 4.69) is 51.9 Å². The predicted molar refractivity (Wildman–Crippen MR) is 111 cm³/mol. The lowest BCUT2D eigenvalue weighted by Gasteiger charge is -2.29. The average Bonchev–Trinajstić information content (AvgIpc) is 3.27. The molecule has 1 aliphatic rings. The molecule has 2 N–H and O–H groups in total. The van der Waals surface area contributed by atoms with Gasteiger partial charge in [-0.25, -0.2) is 0 Å². The maximum Gasteiger partial charge on any atom is 0.174 e. The van der Waals surface area contributed by atoms with Crippen LogP contribution in [0.5, 0.6) is 5.75 Å². The van der Waals surface area contributed by atoms with Gasteiger partial charge in [-0.1, -0.05) is 6.07 Å². The zero-order valence-electron chi connectivity index (χ0n) is 15.3. The monoisotopic (exact) mass is 378 g/mol. The second-order valence-corrected chi connectivity index (χ2v) is 7.33. The summed E-state index contributed by atoms with van der Waals surface area (Å²) in [5.74, 6) is 0.236. The first kappa shape index (κ1) is 17.5. The number of anilines is 1. The maximum atomic E-state index is 9.68. The number of aromatic hydroxyl groups is 1. The normalized spacial score (nSPS) is 19.5. The number of nitrogens with one attached hydrogen (secondary N) is 1. The zero-order chi connectivity index (χ0) is 19.0. The van der Waals surface area contributed by atoms with Gasteiger partial charge >= 0.3 is 0 Å². The summed E-state index contributed by atoms with van der Waals surface area (Å²) in [5, 5.41) is 13.8. The third-order valence-corrected chi connectivity index (χ3v) is 5.21. The molecular formula is C21H22N4OS. The SMILES string of the molecule is CC(C)n1cccc1[C@H]1[C@H](c2ccccn2)NC(=S)N1c1ccc(O)cc1. The number of pyridine rings is 1. The Bertz CT molecular complexity index is 936. The number of phenols is 1. The van der Waals surface area contributed by atoms with Gasteiger partial charge in [0.25, 0.3) is 0 Å². The smallest absolute Gasteiger partial charge is 0.174 e. The van der Waals surface area contributed by atoms with Gasteiger partial charge in [-0.15, -0.1) is 0 Å². The van der Waals surface area contributed by atoms with E-state index in [1.54, 1.807) is 12.1 Å². The van der Waals surface area contributed by atoms with Crippen molar-refractivity contribution in [2.24, 2.45) is 0 Å². The number of nitrogens with zero attached hydrogens (tertiary/aromatic N) is 3. The van der Waals surface area contributed by atoms with Gasteiger partial charge in [0.1, 0.15) is 11.8 Å². The summed E-state index contributed by atoms with van der Waals surface area (Å²) in [6.07, 6.45) is 3.91. The van der Waals surface area contributed by atoms with Crippen LogP contribution in [-0.4, -0.2) is 19.8 Å². The van der Waals surface area contributed by atoms with Gasteiger partial charge in [-0.2, -0.15) is 0 Å². The van der Waals surface area contributed by atoms with Gasteiger partial charge in [0.05, 0.1) is 11.7 Å². The summed E-state index contributed by atoms with van der Waals surface area (Å²) in [6.45, 7) is 4.34. The van der Waals surface area contributed by atoms with Crippen LogP contribution in [0.2, 0.25) is 0 Å². The fourth-order valence-corrected chi connectivity index (χ4v) is 4.02. The molecule has 138 valence electrons. The minimum absolute atomic E-state index is 0.0469. The van der Waals surface area contributed by atoms with Crippen LogP contribution in [0.3, 0.4) is 0 Å². The van der Waals surface area contributed by atoms with Crippen molar-refractivity contribution >= 4 is 23.0 Å². The van der Waals surface area contributed by atoms with E-state index in [-0.39, 0.29) is 17.8 Å². The standard InChI is InChI=1S/C21H22N4OS/c1-14(2)24-13-5-7-18(24)20-19(17-6-3-4-12-22-17)23-21(27)25(20)15-8-10-16(26)11-9-15/h3-14,19-20,26H,1-2H3,(H,23,27)/t19-,20-/m0/s1. The Morgan fingerprint density at radius 3 is 2.52 bits per heavy atom. The molecule has 0 bridgehead atoms. The Kier molecular flexibility index (Phi) is 4.58. The molecule has 0 saturated carbocycles. The summed E-state index contributed by atoms with van der Waals surface area (Å²) >= 11 is 5.71. The topological polar surface area (TPSA) is 53.3 Å². The average molecular weight is 379 g/mol. The van der Waals surface area contributed by atoms with Gasteiger partial charge < -0.3 is 19.9 Å². The Hall–Kier alpha value is -2.86. The van der Waals surface area contributed by atoms with Crippen LogP contribution >= 0.6 is 12.2 Å². The fourth-order valence-electron chi connectivity index (χ4n) is 3.67. The third kappa shape index (κ3) is 3.17. The Balaban J connectivity index is 1.85. The van der Waals surface area contributed by atoms with E-state index in [9.17, 15) is 5.11 Å². The third-order valence-electron chi connectivity index (χ3n) is 4.90. The summed E-state index contributed by atoms with van der Waals surface area (Å²) in [6, 6.07) is 17.5. The fraction of sp³-hybridized carbons (Fsp3) is 0.238. The van der Waals surface area contributed by atoms with Crippen LogP contribution in [0.25, 0.3) is 0 Å². The van der Waals surface area contributed by atoms with Crippen LogP contribution in [0.1, 0.15) is 43.4 Å². The van der Waals surface area contributed by atoms with Gasteiger partial charge in [0, 0.05) is 29.8 Å². The molecule has 6 heteroatoms. The first-order chi connectivity index (χ1) is 13.1. The molecule has 0 amide bonds. The van der Waals surface area contributed by atoms with Crippen molar-refractivity contribution in [3.8, 4) is 5.75 Å². The van der Waals surface area contributed by atoms with Crippen molar-refractivity contribution in [1.29, 1.82) is 0 Å². The summed E-state index contributed by atoms with van der Waals surface area (Å²) in [5.41, 5.74) is 3.05. The van der Waals surface area contributed by atoms with Crippen molar-refractivity contribution in [2.45, 2.75) is 32.0 Å². The number of benzene rings is 1. The Labute approximate surface area is 164 Å². The van der Waals surface area contributed by atoms with Crippen molar-refractivity contribution in [2.75, 3.05) is 4.90 Å². The van der Waals surface area contributed by atoms with Crippen LogP contribution in [0, 0.1) is 0 Å². The second-order valence-electron chi connectivity index (χ2n) is 6.95. The quantitative estimate of drug-likeness (QED) is 0.661. The van der Waals surface area contributed by atoms with Gasteiger partial charge in [0.2, 0.25) is 0 Å². The van der Waals surface area contributed by atoms with E-state index >= 15 is 0 Å². The molecule has 3 heterocycles. The molecule has 4 rings (SSSR count). The highest BCUT2D eigenvalue weighted by Gasteiger charge is 2.42. The molecule has 1 aliphatic heterocycles. The number of hydrogen-bond donors (Lipinski definition) is 2. The number of hydrogen-bond acceptors (Lipinski definition) is 3. The van der Waals surface area contributed by atoms with E-state index in [0.29, 0.717) is 11.2 Å². The van der Waals surface area contributed by atoms with Crippen LogP contribution in [0.4, 0.5) is 5.69 Å². The number of thiocarbonyl (C=S) groups is 1. The van der Waals surface area contributed by atoms with Gasteiger partial charge in [-0.05, 0) is 74.6 Å². The van der Waals surface area contributed by atoms with Crippen LogP contribution in [0.15, 0.2) is 67.0 Å². The van der Waals surface area contributed by atoms with Crippen molar-refractivity contribution in [1.82, 2.24) is 14.9 Å². The summed E-state index contributed by atoms with van der Waals surface area (Å²) < 4.78 is 2.27. The molecule has 1 saturated heterocycles. The lowest BCUT2D eigenvalue weighted by Crippen LogP contribution is -2.30. The molecule has 2 aromatic heterocycles. The minimum atomic E-state index is -0.0695. The van der Waals surface area contributed by atoms with E-state index in [1.807, 2.05) is 36.5 Å². The molecule has 1 aromatic carbocycles. The highest BCUT2D eigenvalue weighted by Crippen LogP contribution is 2.42. The second kappa shape index (κ2) is 7.04. The molecule has 0 unspecified atom stereocenters. The Morgan fingerprint density at radius 2 is 1.85 bits per heavy atom. The number of rotatable bonds is 4. The first-order valence-corrected chi connectivity index (χ1v) is 9.43.